The van der Waals surface area contributed by atoms with E-state index in [1.807, 2.05) is 0 Å². The number of halogens is 2. The van der Waals surface area contributed by atoms with E-state index in [0.717, 1.165) is 0 Å². The Kier molecular flexibility index (Phi) is 3.21. The van der Waals surface area contributed by atoms with Crippen molar-refractivity contribution in [1.82, 2.24) is 5.48 Å². The molecular weight excluding hydrogens is 196 g/mol. The molecule has 0 aliphatic heterocycles. The molecule has 1 aromatic carbocycles. The van der Waals surface area contributed by atoms with Crippen LogP contribution in [0.15, 0.2) is 6.07 Å². The van der Waals surface area contributed by atoms with Gasteiger partial charge in [-0.25, -0.2) is 8.78 Å². The Morgan fingerprint density at radius 1 is 1.29 bits per heavy atom. The van der Waals surface area contributed by atoms with Crippen molar-refractivity contribution in [2.45, 2.75) is 6.54 Å². The molecule has 0 unspecified atom stereocenters. The van der Waals surface area contributed by atoms with Gasteiger partial charge in [-0.2, -0.15) is 5.48 Å². The Hall–Kier alpha value is -1.40. The first-order valence-electron chi connectivity index (χ1n) is 3.72. The number of nitrogens with one attached hydrogen (secondary N) is 1. The normalized spacial score (nSPS) is 10.5. The number of hydrogen-bond donors (Lipinski definition) is 3. The molecule has 78 valence electrons. The van der Waals surface area contributed by atoms with Gasteiger partial charge in [0.15, 0.2) is 23.1 Å². The predicted molar refractivity (Wildman–Crippen MR) is 43.5 cm³/mol. The molecule has 0 aromatic heterocycles. The number of benzene rings is 1. The molecule has 0 atom stereocenters. The third-order valence-electron chi connectivity index (χ3n) is 1.65. The molecule has 0 aliphatic carbocycles. The van der Waals surface area contributed by atoms with Gasteiger partial charge in [0.25, 0.3) is 0 Å². The summed E-state index contributed by atoms with van der Waals surface area (Å²) < 4.78 is 26.1. The molecule has 0 aliphatic rings. The Balaban J connectivity index is 3.11. The fraction of sp³-hybridized carbons (Fsp3) is 0.250. The molecule has 3 N–H and O–H groups in total. The highest BCUT2D eigenvalue weighted by atomic mass is 19.1. The van der Waals surface area contributed by atoms with Crippen LogP contribution in [0.3, 0.4) is 0 Å². The molecule has 0 spiro atoms. The Morgan fingerprint density at radius 2 is 1.79 bits per heavy atom. The van der Waals surface area contributed by atoms with Crippen LogP contribution in [0.2, 0.25) is 0 Å². The summed E-state index contributed by atoms with van der Waals surface area (Å²) in [5.74, 6) is -3.86. The van der Waals surface area contributed by atoms with E-state index in [0.29, 0.717) is 6.07 Å². The van der Waals surface area contributed by atoms with Crippen LogP contribution in [0.1, 0.15) is 5.56 Å². The minimum atomic E-state index is -1.12. The monoisotopic (exact) mass is 205 g/mol. The second-order valence-electron chi connectivity index (χ2n) is 2.55. The Bertz CT molecular complexity index is 318. The van der Waals surface area contributed by atoms with Gasteiger partial charge in [-0.1, -0.05) is 0 Å². The zero-order chi connectivity index (χ0) is 10.7. The minimum absolute atomic E-state index is 0.296. The summed E-state index contributed by atoms with van der Waals surface area (Å²) >= 11 is 0. The van der Waals surface area contributed by atoms with Crippen molar-refractivity contribution in [2.24, 2.45) is 0 Å². The molecule has 14 heavy (non-hydrogen) atoms. The van der Waals surface area contributed by atoms with Crippen LogP contribution in [-0.4, -0.2) is 17.3 Å². The topological polar surface area (TPSA) is 61.7 Å². The van der Waals surface area contributed by atoms with Crippen molar-refractivity contribution < 1.29 is 23.8 Å². The lowest BCUT2D eigenvalue weighted by atomic mass is 10.1. The van der Waals surface area contributed by atoms with E-state index in [2.05, 4.69) is 10.3 Å². The Labute approximate surface area is 78.7 Å². The van der Waals surface area contributed by atoms with Crippen LogP contribution >= 0.6 is 0 Å². The number of aromatic hydroxyl groups is 2. The van der Waals surface area contributed by atoms with Gasteiger partial charge in [-0.15, -0.1) is 0 Å². The molecule has 0 bridgehead atoms. The van der Waals surface area contributed by atoms with Crippen LogP contribution in [-0.2, 0) is 11.4 Å². The number of hydrogen-bond acceptors (Lipinski definition) is 4. The summed E-state index contributed by atoms with van der Waals surface area (Å²) in [7, 11) is 1.28. The lowest BCUT2D eigenvalue weighted by Gasteiger charge is -2.07. The summed E-state index contributed by atoms with van der Waals surface area (Å²) in [6, 6.07) is 0.598. The largest absolute Gasteiger partial charge is 0.505 e. The number of rotatable bonds is 3. The summed E-state index contributed by atoms with van der Waals surface area (Å²) in [5, 5.41) is 17.9. The first-order chi connectivity index (χ1) is 6.57. The summed E-state index contributed by atoms with van der Waals surface area (Å²) in [6.45, 7) is -0.296. The number of phenols is 2. The molecule has 0 radical (unpaired) electrons. The summed E-state index contributed by atoms with van der Waals surface area (Å²) in [5.41, 5.74) is 1.72. The van der Waals surface area contributed by atoms with E-state index in [4.69, 9.17) is 10.2 Å². The SMILES string of the molecule is CONCc1c(F)c(O)cc(O)c1F. The highest BCUT2D eigenvalue weighted by molar-refractivity contribution is 5.39. The molecule has 0 heterocycles. The van der Waals surface area contributed by atoms with Gasteiger partial charge in [-0.3, -0.25) is 0 Å². The highest BCUT2D eigenvalue weighted by Crippen LogP contribution is 2.29. The molecule has 6 heteroatoms. The summed E-state index contributed by atoms with van der Waals surface area (Å²) in [6.07, 6.45) is 0. The van der Waals surface area contributed by atoms with E-state index in [1.54, 1.807) is 0 Å². The first kappa shape index (κ1) is 10.7. The predicted octanol–water partition coefficient (Wildman–Crippen LogP) is 1.03. The van der Waals surface area contributed by atoms with Crippen LogP contribution in [0.25, 0.3) is 0 Å². The smallest absolute Gasteiger partial charge is 0.172 e. The van der Waals surface area contributed by atoms with Crippen LogP contribution in [0, 0.1) is 11.6 Å². The maximum Gasteiger partial charge on any atom is 0.172 e. The molecule has 0 amide bonds. The van der Waals surface area contributed by atoms with Crippen molar-refractivity contribution in [1.29, 1.82) is 0 Å². The van der Waals surface area contributed by atoms with E-state index < -0.39 is 28.7 Å². The summed E-state index contributed by atoms with van der Waals surface area (Å²) in [4.78, 5) is 4.39. The molecular formula is C8H9F2NO3. The highest BCUT2D eigenvalue weighted by Gasteiger charge is 2.17. The van der Waals surface area contributed by atoms with Gasteiger partial charge < -0.3 is 15.1 Å². The van der Waals surface area contributed by atoms with Crippen molar-refractivity contribution >= 4 is 0 Å². The van der Waals surface area contributed by atoms with Crippen LogP contribution < -0.4 is 5.48 Å². The molecule has 4 nitrogen and oxygen atoms in total. The molecule has 0 saturated carbocycles. The second-order valence-corrected chi connectivity index (χ2v) is 2.55. The van der Waals surface area contributed by atoms with Crippen LogP contribution in [0.5, 0.6) is 11.5 Å². The third-order valence-corrected chi connectivity index (χ3v) is 1.65. The third kappa shape index (κ3) is 1.91. The minimum Gasteiger partial charge on any atom is -0.505 e. The maximum absolute atomic E-state index is 13.1. The lowest BCUT2D eigenvalue weighted by Crippen LogP contribution is -2.13. The first-order valence-corrected chi connectivity index (χ1v) is 3.72. The van der Waals surface area contributed by atoms with Gasteiger partial charge >= 0.3 is 0 Å². The lowest BCUT2D eigenvalue weighted by molar-refractivity contribution is 0.0848. The zero-order valence-corrected chi connectivity index (χ0v) is 7.34. The van der Waals surface area contributed by atoms with E-state index >= 15 is 0 Å². The van der Waals surface area contributed by atoms with Crippen molar-refractivity contribution in [2.75, 3.05) is 7.11 Å². The quantitative estimate of drug-likeness (QED) is 0.645. The fourth-order valence-electron chi connectivity index (χ4n) is 0.961. The molecule has 0 saturated heterocycles. The van der Waals surface area contributed by atoms with E-state index in [9.17, 15) is 8.78 Å². The van der Waals surface area contributed by atoms with Gasteiger partial charge in [0.1, 0.15) is 0 Å². The van der Waals surface area contributed by atoms with Gasteiger partial charge in [0.2, 0.25) is 0 Å². The van der Waals surface area contributed by atoms with Gasteiger partial charge in [0, 0.05) is 11.6 Å². The number of hydroxylamine groups is 1. The van der Waals surface area contributed by atoms with E-state index in [1.165, 1.54) is 7.11 Å². The van der Waals surface area contributed by atoms with Crippen molar-refractivity contribution in [3.05, 3.63) is 23.3 Å². The average Bonchev–Trinajstić information content (AvgIpc) is 2.15. The zero-order valence-electron chi connectivity index (χ0n) is 7.34. The molecule has 1 aromatic rings. The Morgan fingerprint density at radius 3 is 2.21 bits per heavy atom. The fourth-order valence-corrected chi connectivity index (χ4v) is 0.961. The average molecular weight is 205 g/mol. The maximum atomic E-state index is 13.1. The van der Waals surface area contributed by atoms with Crippen molar-refractivity contribution in [3.8, 4) is 11.5 Å². The second kappa shape index (κ2) is 4.21. The molecule has 0 fully saturated rings. The van der Waals surface area contributed by atoms with Gasteiger partial charge in [-0.05, 0) is 0 Å². The van der Waals surface area contributed by atoms with Crippen LogP contribution in [0.4, 0.5) is 8.78 Å². The van der Waals surface area contributed by atoms with Gasteiger partial charge in [0.05, 0.1) is 13.7 Å². The molecule has 1 rings (SSSR count). The van der Waals surface area contributed by atoms with E-state index in [-0.39, 0.29) is 6.54 Å². The van der Waals surface area contributed by atoms with Crippen molar-refractivity contribution in [3.63, 3.8) is 0 Å². The standard InChI is InChI=1S/C8H9F2NO3/c1-14-11-3-4-7(9)5(12)2-6(13)8(4)10/h2,11-13H,3H2,1H3. The number of phenolic OH excluding ortho intramolecular Hbond substituents is 2.